The van der Waals surface area contributed by atoms with Gasteiger partial charge in [-0.2, -0.15) is 0 Å². The molecular weight excluding hydrogens is 226 g/mol. The van der Waals surface area contributed by atoms with Gasteiger partial charge in [0.25, 0.3) is 5.91 Å². The first-order chi connectivity index (χ1) is 7.69. The summed E-state index contributed by atoms with van der Waals surface area (Å²) in [6, 6.07) is 0. The zero-order chi connectivity index (χ0) is 12.0. The predicted octanol–water partition coefficient (Wildman–Crippen LogP) is 1.62. The zero-order valence-electron chi connectivity index (χ0n) is 8.98. The van der Waals surface area contributed by atoms with Gasteiger partial charge in [-0.1, -0.05) is 24.4 Å². The fourth-order valence-electron chi connectivity index (χ4n) is 1.22. The van der Waals surface area contributed by atoms with Crippen LogP contribution >= 0.6 is 11.6 Å². The number of amides is 1. The van der Waals surface area contributed by atoms with Crippen molar-refractivity contribution in [1.29, 1.82) is 0 Å². The Hall–Kier alpha value is -1.60. The molecule has 84 valence electrons. The molecule has 0 aliphatic heterocycles. The fraction of sp³-hybridized carbons (Fsp3) is 0.364. The molecule has 1 heterocycles. The van der Waals surface area contributed by atoms with Crippen LogP contribution in [0.5, 0.6) is 0 Å². The van der Waals surface area contributed by atoms with Crippen molar-refractivity contribution in [2.24, 2.45) is 0 Å². The van der Waals surface area contributed by atoms with Gasteiger partial charge in [-0.25, -0.2) is 9.97 Å². The van der Waals surface area contributed by atoms with Crippen LogP contribution in [0.4, 0.5) is 0 Å². The normalized spacial score (nSPS) is 9.56. The van der Waals surface area contributed by atoms with E-state index in [1.165, 1.54) is 12.4 Å². The number of rotatable bonds is 4. The molecule has 0 saturated heterocycles. The third kappa shape index (κ3) is 3.21. The summed E-state index contributed by atoms with van der Waals surface area (Å²) in [6.07, 6.45) is 8.73. The molecule has 0 unspecified atom stereocenters. The van der Waals surface area contributed by atoms with E-state index in [0.29, 0.717) is 6.54 Å². The van der Waals surface area contributed by atoms with Crippen molar-refractivity contribution in [2.45, 2.75) is 13.3 Å². The van der Waals surface area contributed by atoms with E-state index in [2.05, 4.69) is 15.9 Å². The Bertz CT molecular complexity index is 397. The maximum Gasteiger partial charge on any atom is 0.274 e. The summed E-state index contributed by atoms with van der Waals surface area (Å²) in [5.74, 6) is 2.23. The fourth-order valence-corrected chi connectivity index (χ4v) is 1.31. The molecule has 0 radical (unpaired) electrons. The Kier molecular flexibility index (Phi) is 4.74. The SMILES string of the molecule is C#CCN(CCC)C(=O)c1cnc(Cl)cn1. The molecule has 0 aliphatic carbocycles. The molecule has 0 aliphatic rings. The van der Waals surface area contributed by atoms with Crippen LogP contribution in [0.25, 0.3) is 0 Å². The van der Waals surface area contributed by atoms with Gasteiger partial charge in [-0.15, -0.1) is 6.42 Å². The number of carbonyl (C=O) groups excluding carboxylic acids is 1. The van der Waals surface area contributed by atoms with Gasteiger partial charge in [0.05, 0.1) is 18.9 Å². The van der Waals surface area contributed by atoms with Crippen molar-refractivity contribution in [3.05, 3.63) is 23.2 Å². The van der Waals surface area contributed by atoms with E-state index < -0.39 is 0 Å². The number of nitrogens with zero attached hydrogens (tertiary/aromatic N) is 3. The van der Waals surface area contributed by atoms with Gasteiger partial charge in [0.1, 0.15) is 10.8 Å². The molecule has 0 saturated carbocycles. The van der Waals surface area contributed by atoms with Crippen LogP contribution in [0.1, 0.15) is 23.8 Å². The number of halogens is 1. The molecular formula is C11H12ClN3O. The van der Waals surface area contributed by atoms with Crippen molar-refractivity contribution in [1.82, 2.24) is 14.9 Å². The van der Waals surface area contributed by atoms with Crippen LogP contribution in [0.15, 0.2) is 12.4 Å². The molecule has 4 nitrogen and oxygen atoms in total. The Balaban J connectivity index is 2.82. The number of hydrogen-bond donors (Lipinski definition) is 0. The van der Waals surface area contributed by atoms with Gasteiger partial charge in [-0.05, 0) is 6.42 Å². The molecule has 0 N–H and O–H groups in total. The summed E-state index contributed by atoms with van der Waals surface area (Å²) in [6.45, 7) is 2.86. The lowest BCUT2D eigenvalue weighted by Gasteiger charge is -2.18. The Morgan fingerprint density at radius 1 is 1.56 bits per heavy atom. The van der Waals surface area contributed by atoms with Crippen molar-refractivity contribution in [3.63, 3.8) is 0 Å². The maximum atomic E-state index is 11.9. The standard InChI is InChI=1S/C11H12ClN3O/c1-3-5-15(6-4-2)11(16)9-7-14-10(12)8-13-9/h1,7-8H,4-6H2,2H3. The molecule has 0 aromatic carbocycles. The van der Waals surface area contributed by atoms with Gasteiger partial charge in [0, 0.05) is 6.54 Å². The zero-order valence-corrected chi connectivity index (χ0v) is 9.74. The molecule has 0 spiro atoms. The smallest absolute Gasteiger partial charge is 0.274 e. The van der Waals surface area contributed by atoms with Crippen LogP contribution in [0, 0.1) is 12.3 Å². The third-order valence-corrected chi connectivity index (χ3v) is 2.10. The van der Waals surface area contributed by atoms with E-state index in [0.717, 1.165) is 6.42 Å². The highest BCUT2D eigenvalue weighted by atomic mass is 35.5. The second-order valence-electron chi connectivity index (χ2n) is 3.16. The first-order valence-electron chi connectivity index (χ1n) is 4.89. The minimum Gasteiger partial charge on any atom is -0.326 e. The lowest BCUT2D eigenvalue weighted by atomic mass is 10.3. The second-order valence-corrected chi connectivity index (χ2v) is 3.54. The van der Waals surface area contributed by atoms with Gasteiger partial charge in [-0.3, -0.25) is 4.79 Å². The summed E-state index contributed by atoms with van der Waals surface area (Å²) in [4.78, 5) is 21.2. The van der Waals surface area contributed by atoms with Crippen LogP contribution in [-0.2, 0) is 0 Å². The van der Waals surface area contributed by atoms with E-state index in [9.17, 15) is 4.79 Å². The molecule has 0 atom stereocenters. The summed E-state index contributed by atoms with van der Waals surface area (Å²) >= 11 is 5.59. The van der Waals surface area contributed by atoms with Gasteiger partial charge < -0.3 is 4.90 Å². The van der Waals surface area contributed by atoms with Crippen LogP contribution < -0.4 is 0 Å². The Morgan fingerprint density at radius 2 is 2.31 bits per heavy atom. The summed E-state index contributed by atoms with van der Waals surface area (Å²) in [5, 5.41) is 0.260. The Morgan fingerprint density at radius 3 is 2.81 bits per heavy atom. The van der Waals surface area contributed by atoms with Crippen molar-refractivity contribution in [2.75, 3.05) is 13.1 Å². The molecule has 1 aromatic rings. The lowest BCUT2D eigenvalue weighted by Crippen LogP contribution is -2.32. The van der Waals surface area contributed by atoms with Gasteiger partial charge in [0.2, 0.25) is 0 Å². The molecule has 16 heavy (non-hydrogen) atoms. The quantitative estimate of drug-likeness (QED) is 0.748. The topological polar surface area (TPSA) is 46.1 Å². The third-order valence-electron chi connectivity index (χ3n) is 1.90. The monoisotopic (exact) mass is 237 g/mol. The van der Waals surface area contributed by atoms with Crippen molar-refractivity contribution >= 4 is 17.5 Å². The summed E-state index contributed by atoms with van der Waals surface area (Å²) in [7, 11) is 0. The summed E-state index contributed by atoms with van der Waals surface area (Å²) < 4.78 is 0. The molecule has 1 aromatic heterocycles. The van der Waals surface area contributed by atoms with E-state index in [-0.39, 0.29) is 23.3 Å². The summed E-state index contributed by atoms with van der Waals surface area (Å²) in [5.41, 5.74) is 0.258. The Labute approximate surface area is 99.6 Å². The van der Waals surface area contributed by atoms with Crippen LogP contribution in [-0.4, -0.2) is 33.9 Å². The highest BCUT2D eigenvalue weighted by Crippen LogP contribution is 2.05. The largest absolute Gasteiger partial charge is 0.326 e. The van der Waals surface area contributed by atoms with Gasteiger partial charge in [0.15, 0.2) is 0 Å². The van der Waals surface area contributed by atoms with E-state index in [1.807, 2.05) is 6.92 Å². The highest BCUT2D eigenvalue weighted by Gasteiger charge is 2.15. The number of terminal acetylenes is 1. The lowest BCUT2D eigenvalue weighted by molar-refractivity contribution is 0.0770. The van der Waals surface area contributed by atoms with E-state index >= 15 is 0 Å². The van der Waals surface area contributed by atoms with Crippen LogP contribution in [0.3, 0.4) is 0 Å². The molecule has 1 rings (SSSR count). The maximum absolute atomic E-state index is 11.9. The van der Waals surface area contributed by atoms with Crippen LogP contribution in [0.2, 0.25) is 5.15 Å². The van der Waals surface area contributed by atoms with Crippen molar-refractivity contribution in [3.8, 4) is 12.3 Å². The predicted molar refractivity (Wildman–Crippen MR) is 62.1 cm³/mol. The number of hydrogen-bond acceptors (Lipinski definition) is 3. The number of carbonyl (C=O) groups is 1. The minimum absolute atomic E-state index is 0.219. The first kappa shape index (κ1) is 12.5. The molecule has 0 bridgehead atoms. The van der Waals surface area contributed by atoms with E-state index in [1.54, 1.807) is 4.90 Å². The molecule has 0 fully saturated rings. The van der Waals surface area contributed by atoms with Crippen molar-refractivity contribution < 1.29 is 4.79 Å². The number of aromatic nitrogens is 2. The average Bonchev–Trinajstić information content (AvgIpc) is 2.29. The van der Waals surface area contributed by atoms with Gasteiger partial charge >= 0.3 is 0 Å². The van der Waals surface area contributed by atoms with E-state index in [4.69, 9.17) is 18.0 Å². The molecule has 1 amide bonds. The highest BCUT2D eigenvalue weighted by molar-refractivity contribution is 6.29. The first-order valence-corrected chi connectivity index (χ1v) is 5.27. The average molecular weight is 238 g/mol. The minimum atomic E-state index is -0.219. The second kappa shape index (κ2) is 6.09. The molecule has 5 heteroatoms.